The van der Waals surface area contributed by atoms with E-state index < -0.39 is 0 Å². The normalized spacial score (nSPS) is 14.5. The van der Waals surface area contributed by atoms with E-state index in [1.165, 1.54) is 34.4 Å². The molecule has 4 rings (SSSR count). The molecule has 33 heavy (non-hydrogen) atoms. The number of hydrogen-bond donors (Lipinski definition) is 0. The van der Waals surface area contributed by atoms with Gasteiger partial charge in [0.05, 0.1) is 6.54 Å². The van der Waals surface area contributed by atoms with Crippen LogP contribution in [0.15, 0.2) is 114 Å². The Morgan fingerprint density at radius 3 is 2.42 bits per heavy atom. The smallest absolute Gasteiger partial charge is 0.0639 e. The fourth-order valence-electron chi connectivity index (χ4n) is 4.20. The van der Waals surface area contributed by atoms with Gasteiger partial charge in [0.1, 0.15) is 0 Å². The van der Waals surface area contributed by atoms with Crippen LogP contribution in [-0.2, 0) is 19.5 Å². The molecule has 2 nitrogen and oxygen atoms in total. The lowest BCUT2D eigenvalue weighted by atomic mass is 9.98. The van der Waals surface area contributed by atoms with Crippen LogP contribution in [0, 0.1) is 0 Å². The van der Waals surface area contributed by atoms with Gasteiger partial charge in [0.25, 0.3) is 0 Å². The van der Waals surface area contributed by atoms with Gasteiger partial charge in [-0.05, 0) is 65.8 Å². The molecule has 1 aliphatic rings. The monoisotopic (exact) mass is 432 g/mol. The van der Waals surface area contributed by atoms with Gasteiger partial charge in [0.2, 0.25) is 0 Å². The van der Waals surface area contributed by atoms with Crippen LogP contribution in [0.25, 0.3) is 6.08 Å². The van der Waals surface area contributed by atoms with Crippen molar-refractivity contribution in [1.29, 1.82) is 0 Å². The van der Waals surface area contributed by atoms with E-state index in [0.29, 0.717) is 6.54 Å². The van der Waals surface area contributed by atoms with Crippen molar-refractivity contribution in [1.82, 2.24) is 0 Å². The maximum atomic E-state index is 4.54. The third-order valence-corrected chi connectivity index (χ3v) is 5.85. The number of nitrogens with zero attached hydrogens (tertiary/aromatic N) is 2. The number of rotatable bonds is 8. The molecule has 0 fully saturated rings. The second kappa shape index (κ2) is 11.8. The molecule has 3 aromatic rings. The van der Waals surface area contributed by atoms with Gasteiger partial charge in [-0.15, -0.1) is 0 Å². The third kappa shape index (κ3) is 6.66. The van der Waals surface area contributed by atoms with Crippen molar-refractivity contribution in [2.45, 2.75) is 32.9 Å². The quantitative estimate of drug-likeness (QED) is 0.267. The van der Waals surface area contributed by atoms with Gasteiger partial charge in [-0.1, -0.05) is 91.0 Å². The van der Waals surface area contributed by atoms with E-state index in [2.05, 4.69) is 101 Å². The molecular weight excluding hydrogens is 400 g/mol. The first-order valence-electron chi connectivity index (χ1n) is 11.8. The molecule has 2 heteroatoms. The van der Waals surface area contributed by atoms with Gasteiger partial charge in [-0.25, -0.2) is 0 Å². The highest BCUT2D eigenvalue weighted by molar-refractivity contribution is 5.75. The Balaban J connectivity index is 1.44. The van der Waals surface area contributed by atoms with E-state index in [9.17, 15) is 0 Å². The Bertz CT molecular complexity index is 1140. The Morgan fingerprint density at radius 2 is 1.67 bits per heavy atom. The first-order chi connectivity index (χ1) is 16.3. The summed E-state index contributed by atoms with van der Waals surface area (Å²) in [6.07, 6.45) is 14.9. The fraction of sp³-hybridized carbons (Fsp3) is 0.194. The lowest BCUT2D eigenvalue weighted by molar-refractivity contribution is 0.691. The highest BCUT2D eigenvalue weighted by Gasteiger charge is 2.16. The standard InChI is InChI=1S/C31H32N2/c1-2-10-26(20-21-32-24-28-11-5-3-6-12-28)16-17-27-18-19-31-30(23-27)15-9-22-33(31)25-29-13-7-4-8-14-29/h2-8,10-14,16-21,23H,9,15,22,24-25H2,1H3/b10-2-,17-16?,26-20+,32-21+. The number of aliphatic imine (C=N–C) groups is 1. The van der Waals surface area contributed by atoms with E-state index in [-0.39, 0.29) is 0 Å². The second-order valence-corrected chi connectivity index (χ2v) is 8.37. The summed E-state index contributed by atoms with van der Waals surface area (Å²) in [5.74, 6) is 0. The molecule has 0 aromatic heterocycles. The highest BCUT2D eigenvalue weighted by atomic mass is 15.1. The van der Waals surface area contributed by atoms with Gasteiger partial charge in [0.15, 0.2) is 0 Å². The second-order valence-electron chi connectivity index (χ2n) is 8.37. The van der Waals surface area contributed by atoms with Gasteiger partial charge in [-0.3, -0.25) is 4.99 Å². The third-order valence-electron chi connectivity index (χ3n) is 5.85. The predicted octanol–water partition coefficient (Wildman–Crippen LogP) is 7.43. The molecule has 1 heterocycles. The van der Waals surface area contributed by atoms with Crippen molar-refractivity contribution in [3.8, 4) is 0 Å². The average molecular weight is 433 g/mol. The number of aryl methyl sites for hydroxylation is 1. The van der Waals surface area contributed by atoms with Crippen LogP contribution in [0.5, 0.6) is 0 Å². The van der Waals surface area contributed by atoms with Crippen molar-refractivity contribution in [2.24, 2.45) is 4.99 Å². The number of anilines is 1. The summed E-state index contributed by atoms with van der Waals surface area (Å²) in [5.41, 5.74) is 7.79. The van der Waals surface area contributed by atoms with Crippen LogP contribution in [0.2, 0.25) is 0 Å². The topological polar surface area (TPSA) is 15.6 Å². The molecule has 0 atom stereocenters. The summed E-state index contributed by atoms with van der Waals surface area (Å²) in [5, 5.41) is 0. The number of hydrogen-bond acceptors (Lipinski definition) is 2. The van der Waals surface area contributed by atoms with Crippen molar-refractivity contribution < 1.29 is 0 Å². The predicted molar refractivity (Wildman–Crippen MR) is 143 cm³/mol. The minimum atomic E-state index is 0.703. The van der Waals surface area contributed by atoms with Crippen LogP contribution >= 0.6 is 0 Å². The van der Waals surface area contributed by atoms with Crippen molar-refractivity contribution >= 4 is 18.0 Å². The van der Waals surface area contributed by atoms with E-state index >= 15 is 0 Å². The molecule has 0 amide bonds. The molecule has 0 unspecified atom stereocenters. The lowest BCUT2D eigenvalue weighted by Crippen LogP contribution is -2.28. The largest absolute Gasteiger partial charge is 0.367 e. The summed E-state index contributed by atoms with van der Waals surface area (Å²) >= 11 is 0. The SMILES string of the molecule is C\C=C/C(C=Cc1ccc2c(c1)CCCN2Cc1ccccc1)=C\C=N\Cc1ccccc1. The Kier molecular flexibility index (Phi) is 8.08. The molecule has 1 aliphatic heterocycles. The number of allylic oxidation sites excluding steroid dienone is 5. The zero-order valence-electron chi connectivity index (χ0n) is 19.4. The molecule has 166 valence electrons. The number of fused-ring (bicyclic) bond motifs is 1. The Hall–Kier alpha value is -3.65. The van der Waals surface area contributed by atoms with E-state index in [1.54, 1.807) is 0 Å². The minimum Gasteiger partial charge on any atom is -0.367 e. The number of benzene rings is 3. The van der Waals surface area contributed by atoms with Gasteiger partial charge < -0.3 is 4.90 Å². The maximum absolute atomic E-state index is 4.54. The lowest BCUT2D eigenvalue weighted by Gasteiger charge is -2.31. The summed E-state index contributed by atoms with van der Waals surface area (Å²) in [6, 6.07) is 28.0. The van der Waals surface area contributed by atoms with Gasteiger partial charge in [-0.2, -0.15) is 0 Å². The molecular formula is C31H32N2. The Labute approximate surface area is 198 Å². The molecule has 0 N–H and O–H groups in total. The van der Waals surface area contributed by atoms with Crippen LogP contribution in [0.1, 0.15) is 35.6 Å². The van der Waals surface area contributed by atoms with Crippen LogP contribution in [0.4, 0.5) is 5.69 Å². The highest BCUT2D eigenvalue weighted by Crippen LogP contribution is 2.30. The van der Waals surface area contributed by atoms with Gasteiger partial charge in [0, 0.05) is 25.0 Å². The zero-order valence-corrected chi connectivity index (χ0v) is 19.4. The maximum Gasteiger partial charge on any atom is 0.0639 e. The zero-order chi connectivity index (χ0) is 22.7. The van der Waals surface area contributed by atoms with Crippen molar-refractivity contribution in [3.63, 3.8) is 0 Å². The molecule has 0 saturated carbocycles. The molecule has 0 bridgehead atoms. The molecule has 0 saturated heterocycles. The summed E-state index contributed by atoms with van der Waals surface area (Å²) < 4.78 is 0. The van der Waals surface area contributed by atoms with Crippen LogP contribution in [-0.4, -0.2) is 12.8 Å². The first kappa shape index (κ1) is 22.5. The first-order valence-corrected chi connectivity index (χ1v) is 11.8. The fourth-order valence-corrected chi connectivity index (χ4v) is 4.20. The van der Waals surface area contributed by atoms with Crippen LogP contribution < -0.4 is 4.90 Å². The van der Waals surface area contributed by atoms with Crippen molar-refractivity contribution in [2.75, 3.05) is 11.4 Å². The molecule has 0 radical (unpaired) electrons. The molecule has 3 aromatic carbocycles. The van der Waals surface area contributed by atoms with Gasteiger partial charge >= 0.3 is 0 Å². The summed E-state index contributed by atoms with van der Waals surface area (Å²) in [4.78, 5) is 7.05. The van der Waals surface area contributed by atoms with Crippen molar-refractivity contribution in [3.05, 3.63) is 131 Å². The van der Waals surface area contributed by atoms with E-state index in [1.807, 2.05) is 31.3 Å². The van der Waals surface area contributed by atoms with E-state index in [0.717, 1.165) is 25.1 Å². The summed E-state index contributed by atoms with van der Waals surface area (Å²) in [6.45, 7) is 4.84. The van der Waals surface area contributed by atoms with Crippen LogP contribution in [0.3, 0.4) is 0 Å². The summed E-state index contributed by atoms with van der Waals surface area (Å²) in [7, 11) is 0. The Morgan fingerprint density at radius 1 is 0.909 bits per heavy atom. The molecule has 0 spiro atoms. The average Bonchev–Trinajstić information content (AvgIpc) is 2.86. The molecule has 0 aliphatic carbocycles. The minimum absolute atomic E-state index is 0.703. The van der Waals surface area contributed by atoms with E-state index in [4.69, 9.17) is 0 Å².